The average molecular weight is 263 g/mol. The Bertz CT molecular complexity index is 307. The first-order valence-electron chi connectivity index (χ1n) is 6.49. The Hall–Kier alpha value is 0.480. The van der Waals surface area contributed by atoms with Crippen LogP contribution in [-0.4, -0.2) is 11.8 Å². The normalized spacial score (nSPS) is 49.2. The molecule has 0 spiro atoms. The maximum absolute atomic E-state index is 12.6. The lowest BCUT2D eigenvalue weighted by Gasteiger charge is -2.57. The summed E-state index contributed by atoms with van der Waals surface area (Å²) in [6.45, 7) is -0.561. The van der Waals surface area contributed by atoms with Crippen LogP contribution in [0.15, 0.2) is 0 Å². The quantitative estimate of drug-likeness (QED) is 0.704. The van der Waals surface area contributed by atoms with Crippen LogP contribution in [0.3, 0.4) is 0 Å². The molecule has 2 nitrogen and oxygen atoms in total. The topological polar surface area (TPSA) is 26.3 Å². The second-order valence-electron chi connectivity index (χ2n) is 6.04. The Kier molecular flexibility index (Phi) is 2.70. The molecule has 1 atom stereocenters. The predicted molar refractivity (Wildman–Crippen MR) is 66.0 cm³/mol. The van der Waals surface area contributed by atoms with E-state index in [0.717, 1.165) is 37.0 Å². The first-order chi connectivity index (χ1) is 7.55. The van der Waals surface area contributed by atoms with Crippen molar-refractivity contribution in [3.05, 3.63) is 0 Å². The van der Waals surface area contributed by atoms with Crippen LogP contribution in [0.25, 0.3) is 0 Å². The Balaban J connectivity index is 1.91. The maximum atomic E-state index is 12.6. The van der Waals surface area contributed by atoms with Crippen molar-refractivity contribution in [1.82, 2.24) is 0 Å². The third-order valence-corrected chi connectivity index (χ3v) is 8.51. The molecular weight excluding hydrogens is 243 g/mol. The SMILES string of the molecule is CCOP(=O)(Cl)C12CC3CC(CC(C3)C1)C2. The molecular formula is C12H20ClO2P. The Morgan fingerprint density at radius 3 is 2.00 bits per heavy atom. The molecule has 4 aliphatic carbocycles. The summed E-state index contributed by atoms with van der Waals surface area (Å²) in [6.07, 6.45) is 7.21. The molecule has 4 bridgehead atoms. The summed E-state index contributed by atoms with van der Waals surface area (Å²) in [5.41, 5.74) is 0. The van der Waals surface area contributed by atoms with Gasteiger partial charge in [-0.15, -0.1) is 0 Å². The molecule has 0 aromatic rings. The Labute approximate surface area is 102 Å². The minimum atomic E-state index is -2.92. The van der Waals surface area contributed by atoms with Gasteiger partial charge in [0, 0.05) is 0 Å². The smallest absolute Gasteiger partial charge is 0.296 e. The first kappa shape index (κ1) is 11.6. The minimum Gasteiger partial charge on any atom is -0.317 e. The zero-order valence-electron chi connectivity index (χ0n) is 9.82. The van der Waals surface area contributed by atoms with Gasteiger partial charge >= 0.3 is 0 Å². The fourth-order valence-corrected chi connectivity index (χ4v) is 7.64. The van der Waals surface area contributed by atoms with E-state index in [1.807, 2.05) is 6.92 Å². The van der Waals surface area contributed by atoms with E-state index in [0.29, 0.717) is 6.61 Å². The molecule has 92 valence electrons. The highest BCUT2D eigenvalue weighted by atomic mass is 35.7. The lowest BCUT2D eigenvalue weighted by atomic mass is 9.56. The van der Waals surface area contributed by atoms with Gasteiger partial charge in [0.15, 0.2) is 0 Å². The van der Waals surface area contributed by atoms with Gasteiger partial charge in [-0.1, -0.05) is 0 Å². The molecule has 0 radical (unpaired) electrons. The van der Waals surface area contributed by atoms with E-state index in [4.69, 9.17) is 15.8 Å². The highest BCUT2D eigenvalue weighted by Crippen LogP contribution is 2.75. The van der Waals surface area contributed by atoms with E-state index in [-0.39, 0.29) is 5.16 Å². The molecule has 4 saturated carbocycles. The van der Waals surface area contributed by atoms with Gasteiger partial charge in [0.1, 0.15) is 0 Å². The molecule has 0 aromatic carbocycles. The van der Waals surface area contributed by atoms with Crippen molar-refractivity contribution in [3.8, 4) is 0 Å². The lowest BCUT2D eigenvalue weighted by Crippen LogP contribution is -2.49. The number of hydrogen-bond acceptors (Lipinski definition) is 2. The van der Waals surface area contributed by atoms with Gasteiger partial charge in [-0.25, -0.2) is 0 Å². The second-order valence-corrected chi connectivity index (χ2v) is 9.54. The summed E-state index contributed by atoms with van der Waals surface area (Å²) in [6, 6.07) is 0. The molecule has 4 rings (SSSR count). The van der Waals surface area contributed by atoms with Gasteiger partial charge < -0.3 is 4.52 Å². The van der Waals surface area contributed by atoms with Crippen LogP contribution in [0, 0.1) is 17.8 Å². The molecule has 0 N–H and O–H groups in total. The molecule has 4 fully saturated rings. The molecule has 0 heterocycles. The molecule has 1 unspecified atom stereocenters. The van der Waals surface area contributed by atoms with Crippen molar-refractivity contribution in [1.29, 1.82) is 0 Å². The Morgan fingerprint density at radius 2 is 1.62 bits per heavy atom. The zero-order chi connectivity index (χ0) is 11.4. The van der Waals surface area contributed by atoms with Crippen LogP contribution in [-0.2, 0) is 9.09 Å². The summed E-state index contributed by atoms with van der Waals surface area (Å²) in [7, 11) is 0. The molecule has 0 aliphatic heterocycles. The van der Waals surface area contributed by atoms with Crippen molar-refractivity contribution >= 4 is 18.0 Å². The largest absolute Gasteiger partial charge is 0.317 e. The summed E-state index contributed by atoms with van der Waals surface area (Å²) in [4.78, 5) is 0. The van der Waals surface area contributed by atoms with Crippen LogP contribution >= 0.6 is 18.0 Å². The van der Waals surface area contributed by atoms with Crippen molar-refractivity contribution in [2.24, 2.45) is 17.8 Å². The fourth-order valence-electron chi connectivity index (χ4n) is 4.70. The summed E-state index contributed by atoms with van der Waals surface area (Å²) in [5, 5.41) is -0.153. The predicted octanol–water partition coefficient (Wildman–Crippen LogP) is 4.42. The van der Waals surface area contributed by atoms with Crippen molar-refractivity contribution in [2.75, 3.05) is 6.61 Å². The zero-order valence-corrected chi connectivity index (χ0v) is 11.5. The van der Waals surface area contributed by atoms with E-state index in [1.54, 1.807) is 0 Å². The lowest BCUT2D eigenvalue weighted by molar-refractivity contribution is 0.0283. The molecule has 4 aliphatic rings. The Morgan fingerprint density at radius 1 is 1.19 bits per heavy atom. The molecule has 0 amide bonds. The van der Waals surface area contributed by atoms with Gasteiger partial charge in [0.25, 0.3) is 6.72 Å². The molecule has 0 aromatic heterocycles. The third-order valence-electron chi connectivity index (χ3n) is 4.87. The summed E-state index contributed by atoms with van der Waals surface area (Å²) in [5.74, 6) is 2.33. The van der Waals surface area contributed by atoms with Crippen LogP contribution < -0.4 is 0 Å². The van der Waals surface area contributed by atoms with Crippen LogP contribution in [0.5, 0.6) is 0 Å². The summed E-state index contributed by atoms with van der Waals surface area (Å²) >= 11 is 6.29. The fraction of sp³-hybridized carbons (Fsp3) is 1.00. The second kappa shape index (κ2) is 3.73. The number of halogens is 1. The van der Waals surface area contributed by atoms with E-state index >= 15 is 0 Å². The maximum Gasteiger partial charge on any atom is 0.296 e. The van der Waals surface area contributed by atoms with Crippen molar-refractivity contribution < 1.29 is 9.09 Å². The van der Waals surface area contributed by atoms with Gasteiger partial charge in [-0.2, -0.15) is 0 Å². The van der Waals surface area contributed by atoms with E-state index in [9.17, 15) is 4.57 Å². The van der Waals surface area contributed by atoms with E-state index < -0.39 is 6.72 Å². The van der Waals surface area contributed by atoms with Crippen LogP contribution in [0.4, 0.5) is 0 Å². The van der Waals surface area contributed by atoms with Gasteiger partial charge in [0.2, 0.25) is 0 Å². The highest BCUT2D eigenvalue weighted by molar-refractivity contribution is 7.86. The van der Waals surface area contributed by atoms with Gasteiger partial charge in [-0.3, -0.25) is 4.57 Å². The highest BCUT2D eigenvalue weighted by Gasteiger charge is 2.59. The van der Waals surface area contributed by atoms with Gasteiger partial charge in [-0.05, 0) is 74.4 Å². The standard InChI is InChI=1S/C12H20ClO2P/c1-2-15-16(13,14)12-6-9-3-10(7-12)5-11(4-9)8-12/h9-11H,2-8H2,1H3. The molecule has 0 saturated heterocycles. The van der Waals surface area contributed by atoms with Crippen LogP contribution in [0.2, 0.25) is 0 Å². The molecule has 4 heteroatoms. The number of rotatable bonds is 3. The minimum absolute atomic E-state index is 0.153. The molecule has 16 heavy (non-hydrogen) atoms. The van der Waals surface area contributed by atoms with E-state index in [1.165, 1.54) is 19.3 Å². The van der Waals surface area contributed by atoms with Gasteiger partial charge in [0.05, 0.1) is 11.8 Å². The first-order valence-corrected chi connectivity index (χ1v) is 9.02. The van der Waals surface area contributed by atoms with Crippen molar-refractivity contribution in [3.63, 3.8) is 0 Å². The van der Waals surface area contributed by atoms with E-state index in [2.05, 4.69) is 0 Å². The third kappa shape index (κ3) is 1.61. The summed E-state index contributed by atoms with van der Waals surface area (Å²) < 4.78 is 18.0. The average Bonchev–Trinajstić information content (AvgIpc) is 2.14. The number of hydrogen-bond donors (Lipinski definition) is 0. The van der Waals surface area contributed by atoms with Crippen molar-refractivity contribution in [2.45, 2.75) is 50.6 Å². The van der Waals surface area contributed by atoms with Crippen LogP contribution in [0.1, 0.15) is 45.4 Å². The monoisotopic (exact) mass is 262 g/mol.